The van der Waals surface area contributed by atoms with E-state index in [-0.39, 0.29) is 24.8 Å². The van der Waals surface area contributed by atoms with Crippen molar-refractivity contribution in [1.29, 1.82) is 0 Å². The average molecular weight is 292 g/mol. The molecule has 2 atom stereocenters. The van der Waals surface area contributed by atoms with Gasteiger partial charge in [-0.3, -0.25) is 4.79 Å². The summed E-state index contributed by atoms with van der Waals surface area (Å²) in [6, 6.07) is 8.29. The number of carbonyl (C=O) groups is 2. The number of carboxylic acids is 1. The molecule has 6 heteroatoms. The molecular formula is C15H20N2O4. The van der Waals surface area contributed by atoms with Crippen LogP contribution >= 0.6 is 0 Å². The lowest BCUT2D eigenvalue weighted by atomic mass is 10.1. The summed E-state index contributed by atoms with van der Waals surface area (Å²) in [4.78, 5) is 23.2. The van der Waals surface area contributed by atoms with Crippen molar-refractivity contribution in [3.63, 3.8) is 0 Å². The molecule has 1 fully saturated rings. The number of amides is 1. The number of nitrogens with one attached hydrogen (secondary N) is 2. The van der Waals surface area contributed by atoms with Gasteiger partial charge in [0.25, 0.3) is 0 Å². The summed E-state index contributed by atoms with van der Waals surface area (Å²) in [5.41, 5.74) is 0.879. The standard InChI is InChI=1S/C15H20N2O4/c18-14(9-12-10-21-7-6-16-12)17-13(15(19)20)8-11-4-2-1-3-5-11/h1-5,12-13,16H,6-10H2,(H,17,18)(H,19,20)/t12?,13-/m1/s1. The third kappa shape index (κ3) is 5.17. The maximum atomic E-state index is 11.9. The number of carboxylic acid groups (broad SMARTS) is 1. The van der Waals surface area contributed by atoms with Crippen molar-refractivity contribution in [3.8, 4) is 0 Å². The Labute approximate surface area is 123 Å². The van der Waals surface area contributed by atoms with E-state index in [1.165, 1.54) is 0 Å². The van der Waals surface area contributed by atoms with Crippen LogP contribution in [0.25, 0.3) is 0 Å². The molecule has 114 valence electrons. The monoisotopic (exact) mass is 292 g/mol. The maximum absolute atomic E-state index is 11.9. The second-order valence-corrected chi connectivity index (χ2v) is 5.08. The van der Waals surface area contributed by atoms with Gasteiger partial charge in [0.05, 0.1) is 13.2 Å². The fourth-order valence-corrected chi connectivity index (χ4v) is 2.28. The highest BCUT2D eigenvalue weighted by Gasteiger charge is 2.23. The zero-order valence-electron chi connectivity index (χ0n) is 11.7. The molecule has 1 aliphatic heterocycles. The Morgan fingerprint density at radius 3 is 2.76 bits per heavy atom. The number of carbonyl (C=O) groups excluding carboxylic acids is 1. The largest absolute Gasteiger partial charge is 0.480 e. The first-order valence-electron chi connectivity index (χ1n) is 7.02. The van der Waals surface area contributed by atoms with Crippen molar-refractivity contribution < 1.29 is 19.4 Å². The van der Waals surface area contributed by atoms with Gasteiger partial charge in [-0.1, -0.05) is 30.3 Å². The highest BCUT2D eigenvalue weighted by atomic mass is 16.5. The Morgan fingerprint density at radius 1 is 1.38 bits per heavy atom. The molecule has 1 aromatic rings. The van der Waals surface area contributed by atoms with E-state index in [1.807, 2.05) is 30.3 Å². The summed E-state index contributed by atoms with van der Waals surface area (Å²) in [6.45, 7) is 1.83. The fraction of sp³-hybridized carbons (Fsp3) is 0.467. The van der Waals surface area contributed by atoms with Crippen LogP contribution in [-0.2, 0) is 20.7 Å². The Hall–Kier alpha value is -1.92. The molecule has 1 heterocycles. The molecule has 1 aromatic carbocycles. The van der Waals surface area contributed by atoms with Crippen molar-refractivity contribution in [2.75, 3.05) is 19.8 Å². The van der Waals surface area contributed by atoms with Crippen LogP contribution in [0.2, 0.25) is 0 Å². The number of rotatable bonds is 6. The van der Waals surface area contributed by atoms with E-state index < -0.39 is 12.0 Å². The van der Waals surface area contributed by atoms with Gasteiger partial charge in [0, 0.05) is 25.4 Å². The van der Waals surface area contributed by atoms with Crippen LogP contribution in [0.5, 0.6) is 0 Å². The molecule has 21 heavy (non-hydrogen) atoms. The fourth-order valence-electron chi connectivity index (χ4n) is 2.28. The van der Waals surface area contributed by atoms with Crippen molar-refractivity contribution in [3.05, 3.63) is 35.9 Å². The van der Waals surface area contributed by atoms with E-state index in [9.17, 15) is 14.7 Å². The Kier molecular flexibility index (Phi) is 5.71. The number of ether oxygens (including phenoxy) is 1. The molecule has 6 nitrogen and oxygen atoms in total. The molecule has 1 amide bonds. The molecule has 0 aliphatic carbocycles. The van der Waals surface area contributed by atoms with Crippen LogP contribution in [0.1, 0.15) is 12.0 Å². The number of hydrogen-bond acceptors (Lipinski definition) is 4. The summed E-state index contributed by atoms with van der Waals surface area (Å²) in [7, 11) is 0. The number of benzene rings is 1. The van der Waals surface area contributed by atoms with E-state index >= 15 is 0 Å². The van der Waals surface area contributed by atoms with Gasteiger partial charge in [0.2, 0.25) is 5.91 Å². The van der Waals surface area contributed by atoms with E-state index in [0.29, 0.717) is 19.8 Å². The molecule has 0 radical (unpaired) electrons. The van der Waals surface area contributed by atoms with Crippen LogP contribution in [-0.4, -0.2) is 48.8 Å². The predicted molar refractivity (Wildman–Crippen MR) is 76.9 cm³/mol. The molecule has 3 N–H and O–H groups in total. The highest BCUT2D eigenvalue weighted by molar-refractivity contribution is 5.84. The van der Waals surface area contributed by atoms with Gasteiger partial charge in [0.15, 0.2) is 0 Å². The lowest BCUT2D eigenvalue weighted by Gasteiger charge is -2.24. The third-order valence-electron chi connectivity index (χ3n) is 3.35. The van der Waals surface area contributed by atoms with Crippen LogP contribution in [0, 0.1) is 0 Å². The number of hydrogen-bond donors (Lipinski definition) is 3. The van der Waals surface area contributed by atoms with Crippen molar-refractivity contribution in [1.82, 2.24) is 10.6 Å². The highest BCUT2D eigenvalue weighted by Crippen LogP contribution is 2.05. The predicted octanol–water partition coefficient (Wildman–Crippen LogP) is 0.177. The third-order valence-corrected chi connectivity index (χ3v) is 3.35. The molecule has 0 bridgehead atoms. The molecular weight excluding hydrogens is 272 g/mol. The van der Waals surface area contributed by atoms with Gasteiger partial charge < -0.3 is 20.5 Å². The minimum Gasteiger partial charge on any atom is -0.480 e. The first-order chi connectivity index (χ1) is 10.1. The molecule has 0 aromatic heterocycles. The van der Waals surface area contributed by atoms with Gasteiger partial charge in [-0.05, 0) is 5.56 Å². The van der Waals surface area contributed by atoms with Gasteiger partial charge >= 0.3 is 5.97 Å². The molecule has 2 rings (SSSR count). The summed E-state index contributed by atoms with van der Waals surface area (Å²) >= 11 is 0. The lowest BCUT2D eigenvalue weighted by Crippen LogP contribution is -2.48. The SMILES string of the molecule is O=C(CC1COCCN1)N[C@H](Cc1ccccc1)C(=O)O. The van der Waals surface area contributed by atoms with Gasteiger partial charge in [0.1, 0.15) is 6.04 Å². The van der Waals surface area contributed by atoms with Crippen LogP contribution < -0.4 is 10.6 Å². The zero-order chi connectivity index (χ0) is 15.1. The smallest absolute Gasteiger partial charge is 0.326 e. The molecule has 0 spiro atoms. The normalized spacial score (nSPS) is 19.7. The molecule has 0 saturated carbocycles. The maximum Gasteiger partial charge on any atom is 0.326 e. The Bertz CT molecular complexity index is 472. The van der Waals surface area contributed by atoms with Gasteiger partial charge in [-0.25, -0.2) is 4.79 Å². The quantitative estimate of drug-likeness (QED) is 0.696. The molecule has 1 unspecified atom stereocenters. The van der Waals surface area contributed by atoms with E-state index in [2.05, 4.69) is 10.6 Å². The first-order valence-corrected chi connectivity index (χ1v) is 7.02. The zero-order valence-corrected chi connectivity index (χ0v) is 11.7. The van der Waals surface area contributed by atoms with Crippen molar-refractivity contribution in [2.24, 2.45) is 0 Å². The van der Waals surface area contributed by atoms with Crippen LogP contribution in [0.4, 0.5) is 0 Å². The summed E-state index contributed by atoms with van der Waals surface area (Å²) < 4.78 is 5.27. The minimum absolute atomic E-state index is 0.0510. The second kappa shape index (κ2) is 7.75. The first kappa shape index (κ1) is 15.5. The van der Waals surface area contributed by atoms with Gasteiger partial charge in [-0.2, -0.15) is 0 Å². The average Bonchev–Trinajstić information content (AvgIpc) is 2.48. The summed E-state index contributed by atoms with van der Waals surface area (Å²) in [6.07, 6.45) is 0.495. The topological polar surface area (TPSA) is 87.7 Å². The number of morpholine rings is 1. The molecule has 1 aliphatic rings. The summed E-state index contributed by atoms with van der Waals surface area (Å²) in [5.74, 6) is -1.30. The Balaban J connectivity index is 1.86. The van der Waals surface area contributed by atoms with E-state index in [1.54, 1.807) is 0 Å². The van der Waals surface area contributed by atoms with Crippen LogP contribution in [0.3, 0.4) is 0 Å². The van der Waals surface area contributed by atoms with Crippen molar-refractivity contribution >= 4 is 11.9 Å². The van der Waals surface area contributed by atoms with Crippen molar-refractivity contribution in [2.45, 2.75) is 24.9 Å². The van der Waals surface area contributed by atoms with Gasteiger partial charge in [-0.15, -0.1) is 0 Å². The van der Waals surface area contributed by atoms with Crippen LogP contribution in [0.15, 0.2) is 30.3 Å². The van der Waals surface area contributed by atoms with E-state index in [0.717, 1.165) is 5.56 Å². The number of aliphatic carboxylic acids is 1. The lowest BCUT2D eigenvalue weighted by molar-refractivity contribution is -0.141. The molecule has 1 saturated heterocycles. The van der Waals surface area contributed by atoms with E-state index in [4.69, 9.17) is 4.74 Å². The Morgan fingerprint density at radius 2 is 2.14 bits per heavy atom. The second-order valence-electron chi connectivity index (χ2n) is 5.08. The summed E-state index contributed by atoms with van der Waals surface area (Å²) in [5, 5.41) is 15.0. The minimum atomic E-state index is -1.03.